The summed E-state index contributed by atoms with van der Waals surface area (Å²) >= 11 is 0. The number of rotatable bonds is 4. The van der Waals surface area contributed by atoms with Gasteiger partial charge in [-0.1, -0.05) is 6.07 Å². The maximum absolute atomic E-state index is 12.0. The van der Waals surface area contributed by atoms with Gasteiger partial charge in [-0.25, -0.2) is 0 Å². The third kappa shape index (κ3) is 3.64. The van der Waals surface area contributed by atoms with Crippen LogP contribution in [0.25, 0.3) is 0 Å². The summed E-state index contributed by atoms with van der Waals surface area (Å²) in [4.78, 5) is 9.62. The largest absolute Gasteiger partial charge is 0.573 e. The molecule has 0 spiro atoms. The van der Waals surface area contributed by atoms with E-state index in [9.17, 15) is 23.3 Å². The Hall–Kier alpha value is -2.71. The van der Waals surface area contributed by atoms with E-state index in [4.69, 9.17) is 9.15 Å². The van der Waals surface area contributed by atoms with Crippen LogP contribution in [0, 0.1) is 10.1 Å². The van der Waals surface area contributed by atoms with Crippen molar-refractivity contribution in [2.45, 2.75) is 6.36 Å². The Kier molecular flexibility index (Phi) is 3.51. The highest BCUT2D eigenvalue weighted by Gasteiger charge is 2.31. The van der Waals surface area contributed by atoms with Gasteiger partial charge in [0, 0.05) is 12.1 Å². The van der Waals surface area contributed by atoms with E-state index in [2.05, 4.69) is 4.74 Å². The molecule has 106 valence electrons. The minimum absolute atomic E-state index is 0.0176. The zero-order valence-electron chi connectivity index (χ0n) is 9.59. The van der Waals surface area contributed by atoms with Crippen molar-refractivity contribution in [2.24, 2.45) is 0 Å². The Bertz CT molecular complexity index is 623. The Labute approximate surface area is 109 Å². The summed E-state index contributed by atoms with van der Waals surface area (Å²) in [6, 6.07) is 6.92. The second-order valence-electron chi connectivity index (χ2n) is 3.47. The lowest BCUT2D eigenvalue weighted by Crippen LogP contribution is -2.16. The molecule has 20 heavy (non-hydrogen) atoms. The first-order chi connectivity index (χ1) is 9.33. The molecule has 1 aromatic carbocycles. The summed E-state index contributed by atoms with van der Waals surface area (Å²) < 4.78 is 49.6. The van der Waals surface area contributed by atoms with Crippen molar-refractivity contribution in [3.8, 4) is 17.4 Å². The number of benzene rings is 1. The van der Waals surface area contributed by atoms with Gasteiger partial charge in [-0.3, -0.25) is 10.1 Å². The fourth-order valence-corrected chi connectivity index (χ4v) is 1.31. The predicted octanol–water partition coefficient (Wildman–Crippen LogP) is 3.88. The van der Waals surface area contributed by atoms with Crippen LogP contribution in [0.5, 0.6) is 17.4 Å². The zero-order valence-corrected chi connectivity index (χ0v) is 9.59. The summed E-state index contributed by atoms with van der Waals surface area (Å²) in [6.07, 6.45) is -4.82. The van der Waals surface area contributed by atoms with Crippen LogP contribution >= 0.6 is 0 Å². The number of nitro groups is 1. The number of furan rings is 1. The van der Waals surface area contributed by atoms with E-state index in [0.717, 1.165) is 18.2 Å². The van der Waals surface area contributed by atoms with Gasteiger partial charge in [-0.2, -0.15) is 0 Å². The molecule has 0 aliphatic rings. The van der Waals surface area contributed by atoms with E-state index >= 15 is 0 Å². The molecule has 0 amide bonds. The van der Waals surface area contributed by atoms with Crippen molar-refractivity contribution in [3.63, 3.8) is 0 Å². The van der Waals surface area contributed by atoms with E-state index in [-0.39, 0.29) is 11.7 Å². The first-order valence-corrected chi connectivity index (χ1v) is 5.11. The standard InChI is InChI=1S/C11H6F3NO5/c12-11(13,14)20-8-3-1-2-7(6-8)18-10-5-4-9(19-10)15(16)17/h1-6H. The fourth-order valence-electron chi connectivity index (χ4n) is 1.31. The second kappa shape index (κ2) is 5.11. The lowest BCUT2D eigenvalue weighted by molar-refractivity contribution is -0.402. The molecule has 9 heteroatoms. The van der Waals surface area contributed by atoms with E-state index in [1.54, 1.807) is 0 Å². The number of ether oxygens (including phenoxy) is 2. The molecule has 0 saturated carbocycles. The third-order valence-electron chi connectivity index (χ3n) is 2.00. The van der Waals surface area contributed by atoms with E-state index < -0.39 is 22.9 Å². The van der Waals surface area contributed by atoms with Crippen LogP contribution in [0.1, 0.15) is 0 Å². The van der Waals surface area contributed by atoms with Gasteiger partial charge in [0.2, 0.25) is 0 Å². The van der Waals surface area contributed by atoms with E-state index in [1.165, 1.54) is 18.2 Å². The molecular weight excluding hydrogens is 283 g/mol. The molecule has 1 aromatic heterocycles. The van der Waals surface area contributed by atoms with Gasteiger partial charge in [-0.15, -0.1) is 13.2 Å². The monoisotopic (exact) mass is 289 g/mol. The minimum Gasteiger partial charge on any atom is -0.426 e. The molecule has 2 aromatic rings. The highest BCUT2D eigenvalue weighted by atomic mass is 19.4. The molecule has 0 N–H and O–H groups in total. The van der Waals surface area contributed by atoms with Gasteiger partial charge < -0.3 is 13.9 Å². The van der Waals surface area contributed by atoms with Crippen LogP contribution in [0.3, 0.4) is 0 Å². The number of hydrogen-bond donors (Lipinski definition) is 0. The van der Waals surface area contributed by atoms with Crippen molar-refractivity contribution in [1.82, 2.24) is 0 Å². The molecule has 2 rings (SSSR count). The molecule has 0 radical (unpaired) electrons. The van der Waals surface area contributed by atoms with Gasteiger partial charge in [0.05, 0.1) is 6.07 Å². The zero-order chi connectivity index (χ0) is 14.8. The molecule has 0 saturated heterocycles. The molecule has 0 bridgehead atoms. The predicted molar refractivity (Wildman–Crippen MR) is 58.6 cm³/mol. The van der Waals surface area contributed by atoms with Gasteiger partial charge in [-0.05, 0) is 12.1 Å². The summed E-state index contributed by atoms with van der Waals surface area (Å²) in [5, 5.41) is 10.4. The van der Waals surface area contributed by atoms with Gasteiger partial charge in [0.15, 0.2) is 0 Å². The van der Waals surface area contributed by atoms with Crippen LogP contribution in [-0.2, 0) is 0 Å². The average molecular weight is 289 g/mol. The minimum atomic E-state index is -4.82. The molecular formula is C11H6F3NO5. The topological polar surface area (TPSA) is 74.7 Å². The maximum Gasteiger partial charge on any atom is 0.573 e. The first kappa shape index (κ1) is 13.7. The Morgan fingerprint density at radius 2 is 1.85 bits per heavy atom. The van der Waals surface area contributed by atoms with Crippen LogP contribution in [0.15, 0.2) is 40.8 Å². The van der Waals surface area contributed by atoms with Crippen molar-refractivity contribution in [1.29, 1.82) is 0 Å². The number of alkyl halides is 3. The average Bonchev–Trinajstić information content (AvgIpc) is 2.75. The normalized spacial score (nSPS) is 11.2. The van der Waals surface area contributed by atoms with Crippen LogP contribution < -0.4 is 9.47 Å². The van der Waals surface area contributed by atoms with Gasteiger partial charge >= 0.3 is 12.2 Å². The van der Waals surface area contributed by atoms with Crippen LogP contribution in [-0.4, -0.2) is 11.3 Å². The second-order valence-corrected chi connectivity index (χ2v) is 3.47. The summed E-state index contributed by atoms with van der Waals surface area (Å²) in [5.74, 6) is -1.25. The Morgan fingerprint density at radius 1 is 1.15 bits per heavy atom. The lowest BCUT2D eigenvalue weighted by Gasteiger charge is -2.09. The highest BCUT2D eigenvalue weighted by molar-refractivity contribution is 5.35. The SMILES string of the molecule is O=[N+]([O-])c1ccc(Oc2cccc(OC(F)(F)F)c2)o1. The number of halogens is 3. The van der Waals surface area contributed by atoms with Gasteiger partial charge in [0.1, 0.15) is 16.4 Å². The fraction of sp³-hybridized carbons (Fsp3) is 0.0909. The van der Waals surface area contributed by atoms with E-state index in [1.807, 2.05) is 0 Å². The third-order valence-corrected chi connectivity index (χ3v) is 2.00. The van der Waals surface area contributed by atoms with Crippen molar-refractivity contribution in [3.05, 3.63) is 46.5 Å². The van der Waals surface area contributed by atoms with Crippen molar-refractivity contribution >= 4 is 5.88 Å². The van der Waals surface area contributed by atoms with Crippen LogP contribution in [0.2, 0.25) is 0 Å². The smallest absolute Gasteiger partial charge is 0.426 e. The molecule has 0 unspecified atom stereocenters. The number of hydrogen-bond acceptors (Lipinski definition) is 5. The summed E-state index contributed by atoms with van der Waals surface area (Å²) in [5.41, 5.74) is 0. The molecule has 0 atom stereocenters. The maximum atomic E-state index is 12.0. The summed E-state index contributed by atoms with van der Waals surface area (Å²) in [7, 11) is 0. The number of nitrogens with zero attached hydrogens (tertiary/aromatic N) is 1. The quantitative estimate of drug-likeness (QED) is 0.630. The molecule has 0 aliphatic heterocycles. The molecule has 1 heterocycles. The Balaban J connectivity index is 2.13. The molecule has 0 aliphatic carbocycles. The van der Waals surface area contributed by atoms with E-state index in [0.29, 0.717) is 0 Å². The van der Waals surface area contributed by atoms with Crippen molar-refractivity contribution < 1.29 is 32.0 Å². The Morgan fingerprint density at radius 3 is 2.45 bits per heavy atom. The lowest BCUT2D eigenvalue weighted by atomic mass is 10.3. The molecule has 6 nitrogen and oxygen atoms in total. The van der Waals surface area contributed by atoms with Gasteiger partial charge in [0.25, 0.3) is 5.95 Å². The molecule has 0 fully saturated rings. The van der Waals surface area contributed by atoms with Crippen LogP contribution in [0.4, 0.5) is 19.1 Å². The highest BCUT2D eigenvalue weighted by Crippen LogP contribution is 2.30. The summed E-state index contributed by atoms with van der Waals surface area (Å²) in [6.45, 7) is 0. The first-order valence-electron chi connectivity index (χ1n) is 5.11. The van der Waals surface area contributed by atoms with Crippen molar-refractivity contribution in [2.75, 3.05) is 0 Å².